The molecule has 0 unspecified atom stereocenters. The third-order valence-corrected chi connectivity index (χ3v) is 2.65. The molecule has 0 spiro atoms. The zero-order chi connectivity index (χ0) is 13.8. The van der Waals surface area contributed by atoms with Crippen molar-refractivity contribution in [3.8, 4) is 0 Å². The summed E-state index contributed by atoms with van der Waals surface area (Å²) in [6.07, 6.45) is -2.70. The van der Waals surface area contributed by atoms with Crippen LogP contribution in [0.25, 0.3) is 0 Å². The van der Waals surface area contributed by atoms with Gasteiger partial charge in [0.05, 0.1) is 0 Å². The molecule has 21 heavy (non-hydrogen) atoms. The molecule has 5 N–H and O–H groups in total. The smallest absolute Gasteiger partial charge is 0.264 e. The molecule has 2 radical (unpaired) electrons. The van der Waals surface area contributed by atoms with Gasteiger partial charge in [0.2, 0.25) is 0 Å². The monoisotopic (exact) mass is 293 g/mol. The van der Waals surface area contributed by atoms with Gasteiger partial charge in [-0.2, -0.15) is 0 Å². The van der Waals surface area contributed by atoms with E-state index in [1.165, 1.54) is 24.3 Å². The number of para-hydroxylation sites is 1. The first kappa shape index (κ1) is 18.8. The highest BCUT2D eigenvalue weighted by Crippen LogP contribution is 2.23. The number of hydrogen-bond acceptors (Lipinski definition) is 1. The summed E-state index contributed by atoms with van der Waals surface area (Å²) in [7, 11) is 5.68. The van der Waals surface area contributed by atoms with E-state index in [4.69, 9.17) is 7.85 Å². The Bertz CT molecular complexity index is 608. The van der Waals surface area contributed by atoms with E-state index in [9.17, 15) is 13.6 Å². The first-order chi connectivity index (χ1) is 9.09. The lowest BCUT2D eigenvalue weighted by atomic mass is 9.94. The van der Waals surface area contributed by atoms with Crippen LogP contribution in [0, 0.1) is 0 Å². The molecule has 0 bridgehead atoms. The Labute approximate surface area is 121 Å². The van der Waals surface area contributed by atoms with Crippen LogP contribution in [0.1, 0.15) is 22.3 Å². The van der Waals surface area contributed by atoms with Crippen LogP contribution in [0.4, 0.5) is 14.5 Å². The lowest BCUT2D eigenvalue weighted by Crippen LogP contribution is -2.19. The normalized spacial score (nSPS) is 9.48. The van der Waals surface area contributed by atoms with Crippen LogP contribution >= 0.6 is 0 Å². The lowest BCUT2D eigenvalue weighted by molar-refractivity contribution is 0.101. The molecule has 2 rings (SSSR count). The van der Waals surface area contributed by atoms with Crippen molar-refractivity contribution in [1.29, 1.82) is 0 Å². The van der Waals surface area contributed by atoms with Gasteiger partial charge >= 0.3 is 0 Å². The van der Waals surface area contributed by atoms with Gasteiger partial charge in [0, 0.05) is 16.8 Å². The number of nitrogens with one attached hydrogen (secondary N) is 1. The maximum absolute atomic E-state index is 12.8. The summed E-state index contributed by atoms with van der Waals surface area (Å²) in [6, 6.07) is 12.2. The number of anilines is 1. The number of alkyl halides is 2. The minimum atomic E-state index is -2.70. The third-order valence-electron chi connectivity index (χ3n) is 2.65. The maximum Gasteiger partial charge on any atom is 0.264 e. The average molecular weight is 293 g/mol. The van der Waals surface area contributed by atoms with E-state index in [2.05, 4.69) is 5.32 Å². The fourth-order valence-electron chi connectivity index (χ4n) is 1.69. The highest BCUT2D eigenvalue weighted by Gasteiger charge is 2.17. The highest BCUT2D eigenvalue weighted by atomic mass is 19.3. The molecule has 2 aromatic carbocycles. The third kappa shape index (κ3) is 4.37. The molecule has 0 saturated carbocycles. The van der Waals surface area contributed by atoms with Crippen LogP contribution in [0.2, 0.25) is 0 Å². The molecule has 110 valence electrons. The van der Waals surface area contributed by atoms with Crippen molar-refractivity contribution in [2.45, 2.75) is 6.43 Å². The predicted molar refractivity (Wildman–Crippen MR) is 78.4 cm³/mol. The van der Waals surface area contributed by atoms with Crippen molar-refractivity contribution >= 4 is 24.9 Å². The Hall–Kier alpha value is -2.25. The topological polar surface area (TPSA) is 92.1 Å². The van der Waals surface area contributed by atoms with Crippen LogP contribution in [0.15, 0.2) is 48.5 Å². The summed E-state index contributed by atoms with van der Waals surface area (Å²) < 4.78 is 25.6. The van der Waals surface area contributed by atoms with Gasteiger partial charge in [0.1, 0.15) is 7.85 Å². The Morgan fingerprint density at radius 3 is 2.19 bits per heavy atom. The van der Waals surface area contributed by atoms with Gasteiger partial charge in [-0.05, 0) is 12.1 Å². The number of carbonyl (C=O) groups excluding carboxylic acids is 1. The second kappa shape index (κ2) is 8.13. The van der Waals surface area contributed by atoms with Gasteiger partial charge < -0.3 is 16.3 Å². The van der Waals surface area contributed by atoms with Gasteiger partial charge in [-0.3, -0.25) is 4.79 Å². The first-order valence-corrected chi connectivity index (χ1v) is 5.62. The zero-order valence-corrected chi connectivity index (χ0v) is 10.9. The molecular formula is C14H14BF2NO3. The number of rotatable bonds is 3. The summed E-state index contributed by atoms with van der Waals surface area (Å²) in [5.41, 5.74) is 0.428. The largest absolute Gasteiger partial charge is 0.412 e. The predicted octanol–water partition coefficient (Wildman–Crippen LogP) is 1.02. The van der Waals surface area contributed by atoms with Crippen molar-refractivity contribution in [2.24, 2.45) is 0 Å². The Balaban J connectivity index is 0.00000200. The molecule has 0 aliphatic rings. The van der Waals surface area contributed by atoms with Crippen molar-refractivity contribution < 1.29 is 24.5 Å². The number of hydrogen-bond donors (Lipinski definition) is 1. The minimum Gasteiger partial charge on any atom is -0.412 e. The van der Waals surface area contributed by atoms with Crippen LogP contribution < -0.4 is 10.8 Å². The molecule has 0 aliphatic carbocycles. The minimum absolute atomic E-state index is 0. The van der Waals surface area contributed by atoms with Gasteiger partial charge in [-0.15, -0.1) is 0 Å². The van der Waals surface area contributed by atoms with Crippen molar-refractivity contribution in [3.63, 3.8) is 0 Å². The van der Waals surface area contributed by atoms with Gasteiger partial charge in [-0.1, -0.05) is 41.9 Å². The molecule has 0 fully saturated rings. The van der Waals surface area contributed by atoms with Crippen molar-refractivity contribution in [3.05, 3.63) is 59.7 Å². The zero-order valence-electron chi connectivity index (χ0n) is 10.9. The average Bonchev–Trinajstić information content (AvgIpc) is 2.41. The van der Waals surface area contributed by atoms with Crippen LogP contribution in [-0.2, 0) is 0 Å². The summed E-state index contributed by atoms with van der Waals surface area (Å²) in [5, 5.41) is 2.52. The molecule has 7 heteroatoms. The Morgan fingerprint density at radius 1 is 1.00 bits per heavy atom. The SMILES string of the molecule is O.O.[B]c1ccccc1NC(=O)c1ccccc1C(F)F. The Kier molecular flexibility index (Phi) is 7.26. The molecule has 0 aliphatic heterocycles. The Morgan fingerprint density at radius 2 is 1.57 bits per heavy atom. The summed E-state index contributed by atoms with van der Waals surface area (Å²) in [6.45, 7) is 0. The molecule has 0 saturated heterocycles. The lowest BCUT2D eigenvalue weighted by Gasteiger charge is -2.11. The molecule has 4 nitrogen and oxygen atoms in total. The van der Waals surface area contributed by atoms with Crippen molar-refractivity contribution in [1.82, 2.24) is 0 Å². The van der Waals surface area contributed by atoms with Gasteiger partial charge in [0.25, 0.3) is 12.3 Å². The molecule has 0 aromatic heterocycles. The second-order valence-electron chi connectivity index (χ2n) is 3.93. The van der Waals surface area contributed by atoms with Crippen LogP contribution in [-0.4, -0.2) is 24.7 Å². The van der Waals surface area contributed by atoms with E-state index in [-0.39, 0.29) is 22.1 Å². The van der Waals surface area contributed by atoms with E-state index in [0.717, 1.165) is 0 Å². The molecule has 0 atom stereocenters. The maximum atomic E-state index is 12.8. The number of amides is 1. The second-order valence-corrected chi connectivity index (χ2v) is 3.93. The molecular weight excluding hydrogens is 279 g/mol. The highest BCUT2D eigenvalue weighted by molar-refractivity contribution is 6.36. The van der Waals surface area contributed by atoms with E-state index in [1.54, 1.807) is 24.3 Å². The molecule has 1 amide bonds. The van der Waals surface area contributed by atoms with Gasteiger partial charge in [0.15, 0.2) is 0 Å². The van der Waals surface area contributed by atoms with Gasteiger partial charge in [-0.25, -0.2) is 8.78 Å². The number of benzene rings is 2. The van der Waals surface area contributed by atoms with Crippen LogP contribution in [0.3, 0.4) is 0 Å². The summed E-state index contributed by atoms with van der Waals surface area (Å²) in [5.74, 6) is -0.603. The number of carbonyl (C=O) groups is 1. The number of halogens is 2. The van der Waals surface area contributed by atoms with Crippen LogP contribution in [0.5, 0.6) is 0 Å². The molecule has 2 aromatic rings. The fraction of sp³-hybridized carbons (Fsp3) is 0.0714. The van der Waals surface area contributed by atoms with Crippen molar-refractivity contribution in [2.75, 3.05) is 5.32 Å². The van der Waals surface area contributed by atoms with E-state index >= 15 is 0 Å². The summed E-state index contributed by atoms with van der Waals surface area (Å²) >= 11 is 0. The summed E-state index contributed by atoms with van der Waals surface area (Å²) in [4.78, 5) is 12.0. The first-order valence-electron chi connectivity index (χ1n) is 5.62. The molecule has 0 heterocycles. The quantitative estimate of drug-likeness (QED) is 0.841. The standard InChI is InChI=1S/C14H10BF2NO.2H2O/c15-11-7-3-4-8-12(11)18-14(19)10-6-2-1-5-9(10)13(16)17;;/h1-8,13H,(H,18,19);2*1H2. The fourth-order valence-corrected chi connectivity index (χ4v) is 1.69. The van der Waals surface area contributed by atoms with E-state index < -0.39 is 12.3 Å². The van der Waals surface area contributed by atoms with E-state index in [1.807, 2.05) is 0 Å². The van der Waals surface area contributed by atoms with E-state index in [0.29, 0.717) is 11.2 Å².